The fourth-order valence-corrected chi connectivity index (χ4v) is 27.8. The largest absolute Gasteiger partial charge is 0.400 e. The number of nitrogens with zero attached hydrogens (tertiary/aromatic N) is 7. The van der Waals surface area contributed by atoms with Crippen molar-refractivity contribution in [2.75, 3.05) is 54.0 Å². The van der Waals surface area contributed by atoms with Crippen molar-refractivity contribution in [1.29, 1.82) is 0 Å². The maximum Gasteiger partial charge on any atom is 0.310 e. The topological polar surface area (TPSA) is 343 Å². The number of esters is 2. The highest BCUT2D eigenvalue weighted by Crippen LogP contribution is 2.72. The van der Waals surface area contributed by atoms with Crippen molar-refractivity contribution in [1.82, 2.24) is 29.3 Å². The Hall–Kier alpha value is -5.63. The number of hydrogen-bond acceptors (Lipinski definition) is 20. The van der Waals surface area contributed by atoms with Crippen LogP contribution >= 0.6 is 0 Å². The van der Waals surface area contributed by atoms with Gasteiger partial charge in [-0.25, -0.2) is 0 Å². The van der Waals surface area contributed by atoms with Crippen LogP contribution in [0, 0.1) is 131 Å². The molecule has 3 aromatic heterocycles. The molecule has 0 aliphatic heterocycles. The number of aliphatic hydroxyl groups is 4. The highest BCUT2D eigenvalue weighted by Gasteiger charge is 2.67. The lowest BCUT2D eigenvalue weighted by Gasteiger charge is -2.62. The highest BCUT2D eigenvalue weighted by molar-refractivity contribution is 5.84. The molecule has 24 nitrogen and oxygen atoms in total. The zero-order valence-electron chi connectivity index (χ0n) is 68.6. The number of anilines is 1. The minimum atomic E-state index is -0.565. The molecule has 0 unspecified atom stereocenters. The van der Waals surface area contributed by atoms with Crippen LogP contribution in [0.2, 0.25) is 0 Å². The third-order valence-electron chi connectivity index (χ3n) is 32.2. The summed E-state index contributed by atoms with van der Waals surface area (Å²) in [6.45, 7) is 20.3. The van der Waals surface area contributed by atoms with Crippen LogP contribution in [0.25, 0.3) is 0 Å². The Morgan fingerprint density at radius 2 is 0.800 bits per heavy atom. The van der Waals surface area contributed by atoms with E-state index in [2.05, 4.69) is 40.8 Å². The average Bonchev–Trinajstić information content (AvgIpc) is 1.70. The van der Waals surface area contributed by atoms with Gasteiger partial charge in [0.05, 0.1) is 72.7 Å². The fraction of sp³-hybridized carbons (Fsp3) is 0.826. The number of carbonyl (C=O) groups excluding carboxylic acids is 6. The van der Waals surface area contributed by atoms with Crippen LogP contribution in [0.15, 0.2) is 37.2 Å². The number of nitrogens with two attached hydrogens (primary N) is 1. The van der Waals surface area contributed by atoms with Gasteiger partial charge in [-0.05, 0) is 310 Å². The van der Waals surface area contributed by atoms with E-state index in [-0.39, 0.29) is 74.0 Å². The lowest BCUT2D eigenvalue weighted by atomic mass is 9.43. The molecular formula is C86H134N8O16. The molecule has 3 aromatic rings. The lowest BCUT2D eigenvalue weighted by molar-refractivity contribution is -0.385. The van der Waals surface area contributed by atoms with Crippen LogP contribution in [0.3, 0.4) is 0 Å². The van der Waals surface area contributed by atoms with Gasteiger partial charge in [0.1, 0.15) is 24.7 Å². The minimum absolute atomic E-state index is 0.00936. The summed E-state index contributed by atoms with van der Waals surface area (Å²) in [4.78, 5) is 81.9. The van der Waals surface area contributed by atoms with Crippen molar-refractivity contribution in [3.63, 3.8) is 0 Å². The molecule has 24 heteroatoms. The van der Waals surface area contributed by atoms with E-state index in [1.807, 2.05) is 48.3 Å². The lowest BCUT2D eigenvalue weighted by Crippen LogP contribution is -2.58. The molecule has 0 radical (unpaired) electrons. The second-order valence-electron chi connectivity index (χ2n) is 38.6. The quantitative estimate of drug-likeness (QED) is 0.0342. The van der Waals surface area contributed by atoms with Crippen molar-refractivity contribution in [3.8, 4) is 0 Å². The summed E-state index contributed by atoms with van der Waals surface area (Å²) < 4.78 is 26.4. The van der Waals surface area contributed by atoms with E-state index in [1.165, 1.54) is 82.3 Å². The SMILES string of the molecule is CC(=O)OC(C)=O.CO.COC[C@]12CC[C@@](C)(O)C[C@@H]1CC[C@H]1[C@@H]3CC[C@H](C(=O)Cn4cc(CC(C)=O)cn4)[C@@]3(C)CC[C@@H]12.COC[C@]12CC[C@@](C)(O)C[C@@H]1CC[C@H]1[C@@H]3CC[C@H](C(=O)Cn4cc(N)cn4)[C@@]3(C)CC[C@@H]12.COC[C@]12CC[C@@](C)(O)C[C@@H]1CC[C@H]1[C@@H]3CC[C@H](C(=O)Cn4cc([N+](=O)[O-])cn4)[C@@]3(C)CC[C@@H]12. The number of aliphatic hydroxyl groups excluding tert-OH is 1. The van der Waals surface area contributed by atoms with Gasteiger partial charge in [-0.15, -0.1) is 0 Å². The number of ether oxygens (including phenoxy) is 4. The normalized spacial score (nSPS) is 40.9. The van der Waals surface area contributed by atoms with Gasteiger partial charge in [0.15, 0.2) is 17.3 Å². The van der Waals surface area contributed by atoms with E-state index < -0.39 is 33.7 Å². The van der Waals surface area contributed by atoms with Crippen molar-refractivity contribution >= 4 is 46.4 Å². The second kappa shape index (κ2) is 33.7. The van der Waals surface area contributed by atoms with Crippen LogP contribution < -0.4 is 5.73 Å². The van der Waals surface area contributed by atoms with Gasteiger partial charge < -0.3 is 45.1 Å². The molecule has 0 spiro atoms. The molecule has 110 heavy (non-hydrogen) atoms. The number of ketones is 4. The smallest absolute Gasteiger partial charge is 0.310 e. The van der Waals surface area contributed by atoms with Crippen molar-refractivity contribution in [2.45, 2.75) is 279 Å². The average molecular weight is 1540 g/mol. The Morgan fingerprint density at radius 3 is 1.10 bits per heavy atom. The van der Waals surface area contributed by atoms with Crippen LogP contribution in [0.5, 0.6) is 0 Å². The maximum atomic E-state index is 13.6. The first-order chi connectivity index (χ1) is 52.0. The number of nitrogen functional groups attached to an aromatic ring is 1. The van der Waals surface area contributed by atoms with Crippen molar-refractivity contribution in [2.24, 2.45) is 121 Å². The van der Waals surface area contributed by atoms with Crippen LogP contribution in [-0.4, -0.2) is 155 Å². The molecule has 12 saturated carbocycles. The van der Waals surface area contributed by atoms with Gasteiger partial charge >= 0.3 is 17.6 Å². The molecule has 0 bridgehead atoms. The summed E-state index contributed by atoms with van der Waals surface area (Å²) in [5.41, 5.74) is 6.27. The first kappa shape index (κ1) is 85.3. The van der Waals surface area contributed by atoms with Gasteiger partial charge in [-0.3, -0.25) is 52.9 Å². The maximum absolute atomic E-state index is 13.6. The van der Waals surface area contributed by atoms with Crippen molar-refractivity contribution in [3.05, 3.63) is 52.9 Å². The number of methoxy groups -OCH3 is 3. The predicted molar refractivity (Wildman–Crippen MR) is 414 cm³/mol. The number of rotatable bonds is 18. The summed E-state index contributed by atoms with van der Waals surface area (Å²) in [5, 5.41) is 63.1. The molecular weight excluding hydrogens is 1400 g/mol. The van der Waals surface area contributed by atoms with Gasteiger partial charge in [-0.2, -0.15) is 15.3 Å². The summed E-state index contributed by atoms with van der Waals surface area (Å²) >= 11 is 0. The van der Waals surface area contributed by atoms with E-state index >= 15 is 0 Å². The number of fused-ring (bicyclic) bond motifs is 15. The van der Waals surface area contributed by atoms with Gasteiger partial charge in [0, 0.05) is 78.9 Å². The predicted octanol–water partition coefficient (Wildman–Crippen LogP) is 12.8. The molecule has 15 rings (SSSR count). The Balaban J connectivity index is 0.000000155. The number of hydrogen-bond donors (Lipinski definition) is 5. The van der Waals surface area contributed by atoms with E-state index in [9.17, 15) is 54.2 Å². The molecule has 0 saturated heterocycles. The van der Waals surface area contributed by atoms with Gasteiger partial charge in [0.2, 0.25) is 0 Å². The standard InChI is InChI=1S/C29H44N2O4.C26H39N3O5.C26H41N3O3.C4H6O3.CH4O/c1-19(32)13-20-15-30-31(16-20)17-26(33)25-8-7-23-22-6-5-21-14-27(2,34)11-12-29(21,18-35-4)24(22)9-10-28(23,25)3;1-24(31)10-11-26(16-34-3)17(12-24)4-5-19-20-6-7-22(25(20,2)9-8-21(19)26)23(30)15-28-14-18(13-27-28)29(32)33;1-24(31)10-11-26(16-32-3)17(12-24)4-5-19-20-6-7-22(25(20,2)9-8-21(19)26)23(30)15-29-14-18(27)13-28-29;1-3(5)7-4(2)6;1-2/h15-16,21-25,34H,5-14,17-18H2,1-4H3;13-14,17,19-22,31H,4-12,15-16H2,1-3H3;13-14,17,19-22,31H,4-12,15-16,27H2,1-3H3;1-2H3;2H,1H3/t21-,22-,23-,24-,25+,27+,28-,29+;2*17-,19-,20-,21-,22+,24+,25-,26+;;/m000../s1. The molecule has 12 aliphatic rings. The van der Waals surface area contributed by atoms with E-state index in [0.717, 1.165) is 154 Å². The molecule has 24 atom stereocenters. The number of aromatic nitrogens is 6. The monoisotopic (exact) mass is 1530 g/mol. The summed E-state index contributed by atoms with van der Waals surface area (Å²) in [7, 11) is 6.51. The third-order valence-corrected chi connectivity index (χ3v) is 32.2. The Labute approximate surface area is 652 Å². The van der Waals surface area contributed by atoms with Crippen LogP contribution in [-0.2, 0) is 73.8 Å². The summed E-state index contributed by atoms with van der Waals surface area (Å²) in [6.07, 6.45) is 38.6. The highest BCUT2D eigenvalue weighted by atomic mass is 16.6. The third kappa shape index (κ3) is 16.9. The molecule has 0 amide bonds. The van der Waals surface area contributed by atoms with E-state index in [4.69, 9.17) is 25.1 Å². The van der Waals surface area contributed by atoms with Gasteiger partial charge in [-0.1, -0.05) is 20.8 Å². The summed E-state index contributed by atoms with van der Waals surface area (Å²) in [5.74, 6) is 7.20. The Morgan fingerprint density at radius 1 is 0.464 bits per heavy atom. The van der Waals surface area contributed by atoms with E-state index in [1.54, 1.807) is 34.9 Å². The molecule has 12 fully saturated rings. The Bertz CT molecular complexity index is 3740. The molecule has 12 aliphatic carbocycles. The van der Waals surface area contributed by atoms with Crippen LogP contribution in [0.1, 0.15) is 241 Å². The molecule has 614 valence electrons. The summed E-state index contributed by atoms with van der Waals surface area (Å²) in [6, 6.07) is 0. The Kier molecular flexibility index (Phi) is 26.1. The zero-order chi connectivity index (χ0) is 79.9. The first-order valence-electron chi connectivity index (χ1n) is 41.8. The number of nitro groups is 1. The van der Waals surface area contributed by atoms with Crippen molar-refractivity contribution < 1.29 is 73.1 Å². The molecule has 6 N–H and O–H groups in total. The molecule has 3 heterocycles. The minimum Gasteiger partial charge on any atom is -0.400 e. The first-order valence-corrected chi connectivity index (χ1v) is 41.8. The number of Topliss-reactive ketones (excluding diaryl/α,β-unsaturated/α-hetero) is 4. The van der Waals surface area contributed by atoms with Crippen LogP contribution in [0.4, 0.5) is 11.4 Å². The fourth-order valence-electron chi connectivity index (χ4n) is 27.8. The van der Waals surface area contributed by atoms with E-state index in [0.29, 0.717) is 108 Å². The second-order valence-corrected chi connectivity index (χ2v) is 38.6. The van der Waals surface area contributed by atoms with Gasteiger partial charge in [0.25, 0.3) is 0 Å². The zero-order valence-corrected chi connectivity index (χ0v) is 68.6. The molecule has 0 aromatic carbocycles. The number of carbonyl (C=O) groups is 6.